The van der Waals surface area contributed by atoms with E-state index in [0.717, 1.165) is 5.56 Å². The lowest BCUT2D eigenvalue weighted by molar-refractivity contribution is -0.131. The molecular weight excluding hydrogens is 320 g/mol. The van der Waals surface area contributed by atoms with Gasteiger partial charge in [-0.15, -0.1) is 0 Å². The molecule has 1 aromatic heterocycles. The molecule has 132 valence electrons. The number of amides is 2. The van der Waals surface area contributed by atoms with Crippen molar-refractivity contribution in [1.29, 1.82) is 0 Å². The van der Waals surface area contributed by atoms with E-state index in [9.17, 15) is 9.59 Å². The molecule has 0 bridgehead atoms. The van der Waals surface area contributed by atoms with E-state index in [1.807, 2.05) is 24.3 Å². The summed E-state index contributed by atoms with van der Waals surface area (Å²) in [5.74, 6) is 0.627. The van der Waals surface area contributed by atoms with E-state index in [-0.39, 0.29) is 17.9 Å². The highest BCUT2D eigenvalue weighted by Crippen LogP contribution is 2.33. The van der Waals surface area contributed by atoms with E-state index in [1.54, 1.807) is 48.0 Å². The molecule has 3 rings (SSSR count). The van der Waals surface area contributed by atoms with Crippen molar-refractivity contribution < 1.29 is 14.3 Å². The first-order valence-corrected chi connectivity index (χ1v) is 8.19. The summed E-state index contributed by atoms with van der Waals surface area (Å²) in [5, 5.41) is 4.09. The number of hydrogen-bond donors (Lipinski definition) is 0. The minimum Gasteiger partial charge on any atom is -0.496 e. The van der Waals surface area contributed by atoms with Gasteiger partial charge in [-0.3, -0.25) is 14.3 Å². The van der Waals surface area contributed by atoms with Crippen molar-refractivity contribution in [2.75, 3.05) is 26.7 Å². The molecule has 25 heavy (non-hydrogen) atoms. The van der Waals surface area contributed by atoms with Crippen LogP contribution in [-0.2, 0) is 11.8 Å². The van der Waals surface area contributed by atoms with E-state index >= 15 is 0 Å². The third kappa shape index (κ3) is 3.35. The lowest BCUT2D eigenvalue weighted by atomic mass is 10.00. The van der Waals surface area contributed by atoms with Crippen molar-refractivity contribution in [3.8, 4) is 5.75 Å². The zero-order valence-corrected chi connectivity index (χ0v) is 14.7. The molecule has 7 heteroatoms. The van der Waals surface area contributed by atoms with Crippen molar-refractivity contribution in [1.82, 2.24) is 19.6 Å². The fourth-order valence-electron chi connectivity index (χ4n) is 3.22. The Morgan fingerprint density at radius 1 is 1.24 bits per heavy atom. The summed E-state index contributed by atoms with van der Waals surface area (Å²) in [6.45, 7) is 2.99. The van der Waals surface area contributed by atoms with Gasteiger partial charge in [0.15, 0.2) is 0 Å². The minimum atomic E-state index is -0.262. The normalized spacial score (nSPS) is 17.5. The van der Waals surface area contributed by atoms with Gasteiger partial charge in [-0.2, -0.15) is 5.10 Å². The average Bonchev–Trinajstić information content (AvgIpc) is 3.07. The van der Waals surface area contributed by atoms with Gasteiger partial charge in [0, 0.05) is 45.4 Å². The van der Waals surface area contributed by atoms with Crippen molar-refractivity contribution in [2.45, 2.75) is 13.0 Å². The second-order valence-electron chi connectivity index (χ2n) is 6.12. The van der Waals surface area contributed by atoms with Crippen LogP contribution in [0.25, 0.3) is 0 Å². The third-order valence-electron chi connectivity index (χ3n) is 4.54. The molecule has 0 N–H and O–H groups in total. The van der Waals surface area contributed by atoms with E-state index in [0.29, 0.717) is 30.9 Å². The van der Waals surface area contributed by atoms with Crippen molar-refractivity contribution in [3.05, 3.63) is 47.8 Å². The summed E-state index contributed by atoms with van der Waals surface area (Å²) >= 11 is 0. The quantitative estimate of drug-likeness (QED) is 0.847. The molecule has 1 aliphatic heterocycles. The zero-order valence-electron chi connectivity index (χ0n) is 14.7. The first-order chi connectivity index (χ1) is 12.0. The van der Waals surface area contributed by atoms with Gasteiger partial charge in [0.25, 0.3) is 5.91 Å². The largest absolute Gasteiger partial charge is 0.496 e. The first-order valence-electron chi connectivity index (χ1n) is 8.19. The van der Waals surface area contributed by atoms with Gasteiger partial charge in [0.2, 0.25) is 5.91 Å². The maximum absolute atomic E-state index is 13.0. The second kappa shape index (κ2) is 6.96. The number of piperazine rings is 1. The molecular formula is C18H22N4O3. The maximum atomic E-state index is 13.0. The molecule has 0 radical (unpaired) electrons. The van der Waals surface area contributed by atoms with Gasteiger partial charge < -0.3 is 14.5 Å². The van der Waals surface area contributed by atoms with Crippen LogP contribution in [0.5, 0.6) is 5.75 Å². The Hall–Kier alpha value is -2.83. The summed E-state index contributed by atoms with van der Waals surface area (Å²) in [4.78, 5) is 28.4. The second-order valence-corrected chi connectivity index (χ2v) is 6.12. The van der Waals surface area contributed by atoms with Gasteiger partial charge in [-0.25, -0.2) is 0 Å². The SMILES string of the molecule is COc1ccccc1[C@H]1CN(C(C)=O)CCN1C(=O)c1cnn(C)c1. The summed E-state index contributed by atoms with van der Waals surface area (Å²) in [5.41, 5.74) is 1.44. The Balaban J connectivity index is 1.97. The van der Waals surface area contributed by atoms with E-state index in [4.69, 9.17) is 4.74 Å². The number of carbonyl (C=O) groups is 2. The molecule has 1 aromatic carbocycles. The number of ether oxygens (including phenoxy) is 1. The molecule has 2 amide bonds. The third-order valence-corrected chi connectivity index (χ3v) is 4.54. The van der Waals surface area contributed by atoms with Crippen LogP contribution >= 0.6 is 0 Å². The fourth-order valence-corrected chi connectivity index (χ4v) is 3.22. The van der Waals surface area contributed by atoms with Crippen LogP contribution in [0.2, 0.25) is 0 Å². The highest BCUT2D eigenvalue weighted by molar-refractivity contribution is 5.94. The van der Waals surface area contributed by atoms with Gasteiger partial charge in [0.1, 0.15) is 5.75 Å². The number of nitrogens with zero attached hydrogens (tertiary/aromatic N) is 4. The summed E-state index contributed by atoms with van der Waals surface area (Å²) < 4.78 is 7.08. The van der Waals surface area contributed by atoms with E-state index in [1.165, 1.54) is 0 Å². The lowest BCUT2D eigenvalue weighted by Gasteiger charge is -2.41. The van der Waals surface area contributed by atoms with Crippen LogP contribution < -0.4 is 4.74 Å². The molecule has 1 saturated heterocycles. The zero-order chi connectivity index (χ0) is 18.0. The molecule has 0 saturated carbocycles. The predicted octanol–water partition coefficient (Wildman–Crippen LogP) is 1.47. The number of aryl methyl sites for hydroxylation is 1. The van der Waals surface area contributed by atoms with Gasteiger partial charge in [-0.05, 0) is 6.07 Å². The van der Waals surface area contributed by atoms with Gasteiger partial charge in [0.05, 0.1) is 24.9 Å². The standard InChI is InChI=1S/C18H22N4O3/c1-13(23)21-8-9-22(18(24)14-10-19-20(2)11-14)16(12-21)15-6-4-5-7-17(15)25-3/h4-7,10-11,16H,8-9,12H2,1-3H3/t16-/m1/s1. The summed E-state index contributed by atoms with van der Waals surface area (Å²) in [6.07, 6.45) is 3.28. The topological polar surface area (TPSA) is 67.7 Å². The number of carbonyl (C=O) groups excluding carboxylic acids is 2. The Kier molecular flexibility index (Phi) is 4.74. The number of rotatable bonds is 3. The van der Waals surface area contributed by atoms with E-state index in [2.05, 4.69) is 5.10 Å². The first kappa shape index (κ1) is 17.0. The number of methoxy groups -OCH3 is 1. The van der Waals surface area contributed by atoms with Crippen LogP contribution in [-0.4, -0.2) is 58.1 Å². The maximum Gasteiger partial charge on any atom is 0.257 e. The molecule has 2 heterocycles. The highest BCUT2D eigenvalue weighted by atomic mass is 16.5. The van der Waals surface area contributed by atoms with Crippen LogP contribution in [0, 0.1) is 0 Å². The molecule has 1 fully saturated rings. The lowest BCUT2D eigenvalue weighted by Crippen LogP contribution is -2.51. The summed E-state index contributed by atoms with van der Waals surface area (Å²) in [7, 11) is 3.39. The van der Waals surface area contributed by atoms with Crippen LogP contribution in [0.1, 0.15) is 28.9 Å². The van der Waals surface area contributed by atoms with Gasteiger partial charge >= 0.3 is 0 Å². The summed E-state index contributed by atoms with van der Waals surface area (Å²) in [6, 6.07) is 7.35. The molecule has 2 aromatic rings. The molecule has 0 spiro atoms. The average molecular weight is 342 g/mol. The minimum absolute atomic E-state index is 0.00775. The van der Waals surface area contributed by atoms with Crippen molar-refractivity contribution >= 4 is 11.8 Å². The molecule has 0 unspecified atom stereocenters. The van der Waals surface area contributed by atoms with Crippen molar-refractivity contribution in [3.63, 3.8) is 0 Å². The molecule has 1 atom stereocenters. The van der Waals surface area contributed by atoms with Crippen molar-refractivity contribution in [2.24, 2.45) is 7.05 Å². The monoisotopic (exact) mass is 342 g/mol. The smallest absolute Gasteiger partial charge is 0.257 e. The number of para-hydroxylation sites is 1. The number of aromatic nitrogens is 2. The Morgan fingerprint density at radius 2 is 2.00 bits per heavy atom. The number of hydrogen-bond acceptors (Lipinski definition) is 4. The fraction of sp³-hybridized carbons (Fsp3) is 0.389. The Morgan fingerprint density at radius 3 is 2.64 bits per heavy atom. The molecule has 1 aliphatic rings. The van der Waals surface area contributed by atoms with Gasteiger partial charge in [-0.1, -0.05) is 18.2 Å². The Labute approximate surface area is 146 Å². The predicted molar refractivity (Wildman–Crippen MR) is 92.2 cm³/mol. The molecule has 0 aliphatic carbocycles. The highest BCUT2D eigenvalue weighted by Gasteiger charge is 2.34. The van der Waals surface area contributed by atoms with Crippen LogP contribution in [0.15, 0.2) is 36.7 Å². The number of benzene rings is 1. The van der Waals surface area contributed by atoms with Crippen LogP contribution in [0.3, 0.4) is 0 Å². The Bertz CT molecular complexity index is 786. The van der Waals surface area contributed by atoms with E-state index < -0.39 is 0 Å². The van der Waals surface area contributed by atoms with Crippen LogP contribution in [0.4, 0.5) is 0 Å². The molecule has 7 nitrogen and oxygen atoms in total.